The number of hydrogen-bond donors (Lipinski definition) is 2. The molecule has 1 atom stereocenters. The number of aliphatic hydroxyl groups excluding tert-OH is 1. The van der Waals surface area contributed by atoms with Crippen LogP contribution in [0.5, 0.6) is 0 Å². The first kappa shape index (κ1) is 15.4. The molecule has 1 amide bonds. The number of hydrogen-bond acceptors (Lipinski definition) is 3. The van der Waals surface area contributed by atoms with Crippen molar-refractivity contribution in [2.45, 2.75) is 9.90 Å². The zero-order chi connectivity index (χ0) is 13.6. The van der Waals surface area contributed by atoms with E-state index in [9.17, 15) is 9.90 Å². The predicted octanol–water partition coefficient (Wildman–Crippen LogP) is 2.82. The van der Waals surface area contributed by atoms with Crippen LogP contribution in [-0.4, -0.2) is 28.1 Å². The highest BCUT2D eigenvalue weighted by Crippen LogP contribution is 2.25. The van der Waals surface area contributed by atoms with Crippen molar-refractivity contribution in [1.82, 2.24) is 5.32 Å². The lowest BCUT2D eigenvalue weighted by Crippen LogP contribution is -2.31. The molecule has 1 aromatic rings. The van der Waals surface area contributed by atoms with Gasteiger partial charge in [-0.1, -0.05) is 65.1 Å². The van der Waals surface area contributed by atoms with Gasteiger partial charge in [0.2, 0.25) is 3.79 Å². The number of carbonyl (C=O) groups excluding carboxylic acids is 1. The number of carbonyl (C=O) groups is 1. The molecule has 7 heteroatoms. The van der Waals surface area contributed by atoms with E-state index in [-0.39, 0.29) is 13.2 Å². The molecular formula is C11H12Cl3NO3. The first-order chi connectivity index (χ1) is 8.38. The molecule has 0 aromatic heterocycles. The van der Waals surface area contributed by atoms with Gasteiger partial charge in [-0.25, -0.2) is 4.79 Å². The minimum Gasteiger partial charge on any atom is -0.445 e. The Balaban J connectivity index is 2.31. The van der Waals surface area contributed by atoms with Gasteiger partial charge in [-0.15, -0.1) is 0 Å². The summed E-state index contributed by atoms with van der Waals surface area (Å²) in [4.78, 5) is 11.2. The van der Waals surface area contributed by atoms with Gasteiger partial charge >= 0.3 is 6.09 Å². The standard InChI is InChI=1S/C11H12Cl3NO3/c12-11(13,14)7-18-10(17)15-6-9(16)8-4-2-1-3-5-8/h1-5,9,16H,6-7H2,(H,15,17)/t9-/m0/s1. The number of benzene rings is 1. The van der Waals surface area contributed by atoms with Crippen LogP contribution in [0.3, 0.4) is 0 Å². The molecule has 0 spiro atoms. The average molecular weight is 313 g/mol. The topological polar surface area (TPSA) is 58.6 Å². The molecule has 0 unspecified atom stereocenters. The first-order valence-corrected chi connectivity index (χ1v) is 6.22. The van der Waals surface area contributed by atoms with Gasteiger partial charge in [0.1, 0.15) is 6.61 Å². The Kier molecular flexibility index (Phi) is 6.02. The molecule has 0 radical (unpaired) electrons. The SMILES string of the molecule is O=C(NC[C@H](O)c1ccccc1)OCC(Cl)(Cl)Cl. The Morgan fingerprint density at radius 2 is 1.94 bits per heavy atom. The molecular weight excluding hydrogens is 300 g/mol. The van der Waals surface area contributed by atoms with E-state index >= 15 is 0 Å². The summed E-state index contributed by atoms with van der Waals surface area (Å²) in [6.45, 7) is -0.340. The highest BCUT2D eigenvalue weighted by molar-refractivity contribution is 6.67. The van der Waals surface area contributed by atoms with E-state index in [1.807, 2.05) is 6.07 Å². The lowest BCUT2D eigenvalue weighted by atomic mass is 10.1. The third-order valence-electron chi connectivity index (χ3n) is 1.99. The van der Waals surface area contributed by atoms with Crippen molar-refractivity contribution in [2.75, 3.05) is 13.2 Å². The molecule has 0 aliphatic heterocycles. The summed E-state index contributed by atoms with van der Waals surface area (Å²) >= 11 is 16.2. The fourth-order valence-corrected chi connectivity index (χ4v) is 1.34. The van der Waals surface area contributed by atoms with Gasteiger partial charge < -0.3 is 15.2 Å². The van der Waals surface area contributed by atoms with E-state index in [1.165, 1.54) is 0 Å². The van der Waals surface area contributed by atoms with E-state index < -0.39 is 16.0 Å². The van der Waals surface area contributed by atoms with Gasteiger partial charge in [-0.2, -0.15) is 0 Å². The van der Waals surface area contributed by atoms with Crippen LogP contribution >= 0.6 is 34.8 Å². The number of aliphatic hydroxyl groups is 1. The van der Waals surface area contributed by atoms with Crippen LogP contribution in [0.25, 0.3) is 0 Å². The van der Waals surface area contributed by atoms with Crippen LogP contribution in [0.4, 0.5) is 4.79 Å². The first-order valence-electron chi connectivity index (χ1n) is 5.09. The summed E-state index contributed by atoms with van der Waals surface area (Å²) < 4.78 is 2.99. The van der Waals surface area contributed by atoms with Gasteiger partial charge in [0.05, 0.1) is 12.6 Å². The number of halogens is 3. The van der Waals surface area contributed by atoms with Crippen molar-refractivity contribution in [1.29, 1.82) is 0 Å². The summed E-state index contributed by atoms with van der Waals surface area (Å²) in [7, 11) is 0. The molecule has 0 aliphatic carbocycles. The summed E-state index contributed by atoms with van der Waals surface area (Å²) in [5.74, 6) is 0. The number of amides is 1. The van der Waals surface area contributed by atoms with Crippen LogP contribution < -0.4 is 5.32 Å². The van der Waals surface area contributed by atoms with E-state index in [2.05, 4.69) is 10.1 Å². The maximum absolute atomic E-state index is 11.2. The fourth-order valence-electron chi connectivity index (χ4n) is 1.17. The third kappa shape index (κ3) is 6.31. The molecule has 0 heterocycles. The second-order valence-corrected chi connectivity index (χ2v) is 6.01. The van der Waals surface area contributed by atoms with Crippen LogP contribution in [-0.2, 0) is 4.74 Å². The van der Waals surface area contributed by atoms with Gasteiger partial charge in [0.15, 0.2) is 0 Å². The molecule has 0 saturated heterocycles. The number of rotatable bonds is 4. The molecule has 1 aromatic carbocycles. The number of alkyl carbamates (subject to hydrolysis) is 1. The Morgan fingerprint density at radius 1 is 1.33 bits per heavy atom. The van der Waals surface area contributed by atoms with E-state index in [1.54, 1.807) is 24.3 Å². The van der Waals surface area contributed by atoms with Crippen LogP contribution in [0.1, 0.15) is 11.7 Å². The molecule has 2 N–H and O–H groups in total. The van der Waals surface area contributed by atoms with Crippen LogP contribution in [0.15, 0.2) is 30.3 Å². The normalized spacial score (nSPS) is 12.9. The average Bonchev–Trinajstić information content (AvgIpc) is 2.33. The number of nitrogens with one attached hydrogen (secondary N) is 1. The van der Waals surface area contributed by atoms with Crippen molar-refractivity contribution in [2.24, 2.45) is 0 Å². The van der Waals surface area contributed by atoms with E-state index in [4.69, 9.17) is 34.8 Å². The molecule has 0 aliphatic rings. The number of ether oxygens (including phenoxy) is 1. The lowest BCUT2D eigenvalue weighted by Gasteiger charge is -2.14. The largest absolute Gasteiger partial charge is 0.445 e. The van der Waals surface area contributed by atoms with Crippen LogP contribution in [0.2, 0.25) is 0 Å². The number of alkyl halides is 3. The van der Waals surface area contributed by atoms with E-state index in [0.717, 1.165) is 0 Å². The molecule has 4 nitrogen and oxygen atoms in total. The second kappa shape index (κ2) is 7.04. The maximum Gasteiger partial charge on any atom is 0.407 e. The minimum absolute atomic E-state index is 0.0166. The highest BCUT2D eigenvalue weighted by atomic mass is 35.6. The van der Waals surface area contributed by atoms with Crippen molar-refractivity contribution < 1.29 is 14.6 Å². The van der Waals surface area contributed by atoms with Crippen molar-refractivity contribution in [3.63, 3.8) is 0 Å². The van der Waals surface area contributed by atoms with Gasteiger partial charge in [0, 0.05) is 0 Å². The Labute approximate surface area is 120 Å². The summed E-state index contributed by atoms with van der Waals surface area (Å²) in [5, 5.41) is 12.1. The Morgan fingerprint density at radius 3 is 2.50 bits per heavy atom. The smallest absolute Gasteiger partial charge is 0.407 e. The molecule has 18 heavy (non-hydrogen) atoms. The molecule has 0 bridgehead atoms. The predicted molar refractivity (Wildman–Crippen MR) is 71.0 cm³/mol. The van der Waals surface area contributed by atoms with Crippen molar-refractivity contribution >= 4 is 40.9 Å². The Bertz CT molecular complexity index is 381. The van der Waals surface area contributed by atoms with Gasteiger partial charge in [0.25, 0.3) is 0 Å². The lowest BCUT2D eigenvalue weighted by molar-refractivity contribution is 0.132. The maximum atomic E-state index is 11.2. The zero-order valence-corrected chi connectivity index (χ0v) is 11.5. The van der Waals surface area contributed by atoms with Crippen molar-refractivity contribution in [3.8, 4) is 0 Å². The molecule has 100 valence electrons. The molecule has 0 saturated carbocycles. The van der Waals surface area contributed by atoms with E-state index in [0.29, 0.717) is 5.56 Å². The molecule has 1 rings (SSSR count). The second-order valence-electron chi connectivity index (χ2n) is 3.50. The van der Waals surface area contributed by atoms with Gasteiger partial charge in [-0.3, -0.25) is 0 Å². The Hall–Kier alpha value is -0.680. The minimum atomic E-state index is -1.64. The molecule has 0 fully saturated rings. The zero-order valence-electron chi connectivity index (χ0n) is 9.28. The van der Waals surface area contributed by atoms with Gasteiger partial charge in [-0.05, 0) is 5.56 Å². The fraction of sp³-hybridized carbons (Fsp3) is 0.364. The summed E-state index contributed by atoms with van der Waals surface area (Å²) in [6, 6.07) is 8.91. The van der Waals surface area contributed by atoms with Crippen LogP contribution in [0, 0.1) is 0 Å². The summed E-state index contributed by atoms with van der Waals surface area (Å²) in [5.41, 5.74) is 0.694. The third-order valence-corrected chi connectivity index (χ3v) is 2.32. The highest BCUT2D eigenvalue weighted by Gasteiger charge is 2.22. The summed E-state index contributed by atoms with van der Waals surface area (Å²) in [6.07, 6.45) is -1.57. The quantitative estimate of drug-likeness (QED) is 0.841. The van der Waals surface area contributed by atoms with Crippen molar-refractivity contribution in [3.05, 3.63) is 35.9 Å². The monoisotopic (exact) mass is 311 g/mol.